The molecule has 12 heteroatoms. The maximum Gasteiger partial charge on any atom is 0.326 e. The molecule has 0 bridgehead atoms. The van der Waals surface area contributed by atoms with E-state index < -0.39 is 60.3 Å². The number of carbonyl (C=O) groups is 5. The molecule has 12 nitrogen and oxygen atoms in total. The number of rotatable bonds is 15. The Kier molecular flexibility index (Phi) is 12.8. The molecule has 0 heterocycles. The monoisotopic (exact) mass is 569 g/mol. The molecule has 4 amide bonds. The summed E-state index contributed by atoms with van der Waals surface area (Å²) in [5, 5.41) is 28.8. The van der Waals surface area contributed by atoms with Crippen molar-refractivity contribution >= 4 is 29.6 Å². The summed E-state index contributed by atoms with van der Waals surface area (Å²) in [7, 11) is 0. The fraction of sp³-hybridized carbons (Fsp3) is 0.414. The average molecular weight is 570 g/mol. The van der Waals surface area contributed by atoms with E-state index in [9.17, 15) is 34.2 Å². The van der Waals surface area contributed by atoms with Gasteiger partial charge in [-0.1, -0.05) is 56.3 Å². The highest BCUT2D eigenvalue weighted by molar-refractivity contribution is 5.94. The molecule has 2 aromatic carbocycles. The number of nitrogens with one attached hydrogen (secondary N) is 4. The molecule has 41 heavy (non-hydrogen) atoms. The minimum atomic E-state index is -1.18. The lowest BCUT2D eigenvalue weighted by Crippen LogP contribution is -2.55. The van der Waals surface area contributed by atoms with Crippen LogP contribution in [0.15, 0.2) is 54.6 Å². The van der Waals surface area contributed by atoms with Gasteiger partial charge in [-0.25, -0.2) is 4.79 Å². The lowest BCUT2D eigenvalue weighted by molar-refractivity contribution is -0.142. The zero-order valence-corrected chi connectivity index (χ0v) is 23.4. The largest absolute Gasteiger partial charge is 0.508 e. The van der Waals surface area contributed by atoms with Crippen molar-refractivity contribution < 1.29 is 34.2 Å². The average Bonchev–Trinajstić information content (AvgIpc) is 2.92. The van der Waals surface area contributed by atoms with Crippen LogP contribution >= 0.6 is 0 Å². The Hall–Kier alpha value is -4.45. The molecule has 0 aromatic heterocycles. The minimum Gasteiger partial charge on any atom is -0.508 e. The second-order valence-electron chi connectivity index (χ2n) is 10.3. The number of benzene rings is 2. The molecule has 2 aromatic rings. The molecule has 0 aliphatic heterocycles. The van der Waals surface area contributed by atoms with Gasteiger partial charge in [0.15, 0.2) is 0 Å². The zero-order chi connectivity index (χ0) is 30.5. The maximum absolute atomic E-state index is 13.0. The van der Waals surface area contributed by atoms with Gasteiger partial charge in [0.25, 0.3) is 0 Å². The first-order valence-corrected chi connectivity index (χ1v) is 13.3. The summed E-state index contributed by atoms with van der Waals surface area (Å²) in [5.74, 6) is -3.63. The van der Waals surface area contributed by atoms with Crippen LogP contribution in [0.2, 0.25) is 0 Å². The fourth-order valence-corrected chi connectivity index (χ4v) is 3.95. The van der Waals surface area contributed by atoms with Gasteiger partial charge in [0.1, 0.15) is 23.9 Å². The molecule has 0 radical (unpaired) electrons. The molecule has 0 spiro atoms. The van der Waals surface area contributed by atoms with Gasteiger partial charge in [0.2, 0.25) is 23.6 Å². The summed E-state index contributed by atoms with van der Waals surface area (Å²) in [4.78, 5) is 62.3. The number of carboxylic acids is 1. The first-order valence-electron chi connectivity index (χ1n) is 13.3. The van der Waals surface area contributed by atoms with Crippen molar-refractivity contribution in [3.05, 3.63) is 65.7 Å². The van der Waals surface area contributed by atoms with Crippen molar-refractivity contribution in [1.29, 1.82) is 0 Å². The standard InChI is InChI=1S/C29H39N5O7/c1-17(2)13-24(29(40)41)34-28(39)23(15-19-7-5-4-6-8-19)33-25(36)16-31-26(37)18(3)32-27(38)22(30)14-20-9-11-21(35)12-10-20/h4-12,17-18,22-24,35H,13-16,30H2,1-3H3,(H,31,37)(H,32,38)(H,33,36)(H,34,39)(H,40,41)/t18-,22+,23-,24-/m1/s1. The van der Waals surface area contributed by atoms with Gasteiger partial charge < -0.3 is 37.2 Å². The van der Waals surface area contributed by atoms with Crippen LogP contribution in [0.3, 0.4) is 0 Å². The van der Waals surface area contributed by atoms with Crippen molar-refractivity contribution in [3.8, 4) is 5.75 Å². The third kappa shape index (κ3) is 11.7. The molecular formula is C29H39N5O7. The Bertz CT molecular complexity index is 1190. The highest BCUT2D eigenvalue weighted by Crippen LogP contribution is 2.11. The van der Waals surface area contributed by atoms with E-state index in [4.69, 9.17) is 5.73 Å². The second kappa shape index (κ2) is 16.0. The highest BCUT2D eigenvalue weighted by Gasteiger charge is 2.28. The Balaban J connectivity index is 1.94. The van der Waals surface area contributed by atoms with Crippen LogP contribution in [-0.2, 0) is 36.8 Å². The molecule has 0 saturated heterocycles. The van der Waals surface area contributed by atoms with Crippen LogP contribution in [0.1, 0.15) is 38.3 Å². The van der Waals surface area contributed by atoms with E-state index in [0.29, 0.717) is 0 Å². The summed E-state index contributed by atoms with van der Waals surface area (Å²) in [5.41, 5.74) is 7.41. The number of hydrogen-bond acceptors (Lipinski definition) is 7. The molecule has 4 atom stereocenters. The van der Waals surface area contributed by atoms with Crippen molar-refractivity contribution in [1.82, 2.24) is 21.3 Å². The van der Waals surface area contributed by atoms with Gasteiger partial charge in [-0.2, -0.15) is 0 Å². The lowest BCUT2D eigenvalue weighted by Gasteiger charge is -2.23. The van der Waals surface area contributed by atoms with Crippen LogP contribution in [0.25, 0.3) is 0 Å². The van der Waals surface area contributed by atoms with E-state index in [1.165, 1.54) is 19.1 Å². The molecule has 2 rings (SSSR count). The van der Waals surface area contributed by atoms with Crippen molar-refractivity contribution in [2.24, 2.45) is 11.7 Å². The van der Waals surface area contributed by atoms with E-state index in [2.05, 4.69) is 21.3 Å². The number of aromatic hydroxyl groups is 1. The molecule has 0 aliphatic carbocycles. The summed E-state index contributed by atoms with van der Waals surface area (Å²) in [6, 6.07) is 11.0. The van der Waals surface area contributed by atoms with Gasteiger partial charge in [0, 0.05) is 6.42 Å². The molecule has 8 N–H and O–H groups in total. The van der Waals surface area contributed by atoms with Gasteiger partial charge >= 0.3 is 5.97 Å². The van der Waals surface area contributed by atoms with E-state index in [1.54, 1.807) is 42.5 Å². The molecule has 0 aliphatic rings. The Labute approximate surface area is 239 Å². The second-order valence-corrected chi connectivity index (χ2v) is 10.3. The molecule has 0 saturated carbocycles. The molecule has 222 valence electrons. The minimum absolute atomic E-state index is 0.0126. The predicted octanol–water partition coefficient (Wildman–Crippen LogP) is 0.226. The molecule has 0 unspecified atom stereocenters. The summed E-state index contributed by atoms with van der Waals surface area (Å²) in [6.07, 6.45) is 0.505. The van der Waals surface area contributed by atoms with E-state index >= 15 is 0 Å². The van der Waals surface area contributed by atoms with Crippen LogP contribution < -0.4 is 27.0 Å². The van der Waals surface area contributed by atoms with Gasteiger partial charge in [-0.05, 0) is 48.9 Å². The summed E-state index contributed by atoms with van der Waals surface area (Å²) in [6.45, 7) is 4.62. The van der Waals surface area contributed by atoms with Crippen LogP contribution in [0, 0.1) is 5.92 Å². The van der Waals surface area contributed by atoms with Gasteiger partial charge in [-0.3, -0.25) is 19.2 Å². The van der Waals surface area contributed by atoms with E-state index in [1.807, 2.05) is 13.8 Å². The van der Waals surface area contributed by atoms with Crippen LogP contribution in [0.4, 0.5) is 0 Å². The number of aliphatic carboxylic acids is 1. The van der Waals surface area contributed by atoms with Crippen molar-refractivity contribution in [2.75, 3.05) is 6.54 Å². The number of phenolic OH excluding ortho intramolecular Hbond substituents is 1. The summed E-state index contributed by atoms with van der Waals surface area (Å²) < 4.78 is 0. The third-order valence-electron chi connectivity index (χ3n) is 6.16. The van der Waals surface area contributed by atoms with Gasteiger partial charge in [-0.15, -0.1) is 0 Å². The van der Waals surface area contributed by atoms with E-state index in [-0.39, 0.29) is 30.9 Å². The first kappa shape index (κ1) is 32.8. The van der Waals surface area contributed by atoms with Crippen LogP contribution in [-0.4, -0.2) is 70.5 Å². The number of phenols is 1. The highest BCUT2D eigenvalue weighted by atomic mass is 16.4. The van der Waals surface area contributed by atoms with E-state index in [0.717, 1.165) is 11.1 Å². The first-order chi connectivity index (χ1) is 19.3. The number of amides is 4. The predicted molar refractivity (Wildman–Crippen MR) is 151 cm³/mol. The Morgan fingerprint density at radius 1 is 0.756 bits per heavy atom. The number of carbonyl (C=O) groups excluding carboxylic acids is 4. The molecular weight excluding hydrogens is 530 g/mol. The maximum atomic E-state index is 13.0. The summed E-state index contributed by atoms with van der Waals surface area (Å²) >= 11 is 0. The quantitative estimate of drug-likeness (QED) is 0.158. The molecule has 0 fully saturated rings. The third-order valence-corrected chi connectivity index (χ3v) is 6.16. The number of hydrogen-bond donors (Lipinski definition) is 7. The normalized spacial score (nSPS) is 13.8. The Morgan fingerprint density at radius 2 is 1.37 bits per heavy atom. The number of carboxylic acid groups (broad SMARTS) is 1. The topological polar surface area (TPSA) is 200 Å². The van der Waals surface area contributed by atoms with Gasteiger partial charge in [0.05, 0.1) is 12.6 Å². The van der Waals surface area contributed by atoms with Crippen molar-refractivity contribution in [3.63, 3.8) is 0 Å². The number of nitrogens with two attached hydrogens (primary N) is 1. The Morgan fingerprint density at radius 3 is 1.95 bits per heavy atom. The lowest BCUT2D eigenvalue weighted by atomic mass is 10.0. The van der Waals surface area contributed by atoms with Crippen LogP contribution in [0.5, 0.6) is 5.75 Å². The fourth-order valence-electron chi connectivity index (χ4n) is 3.95. The van der Waals surface area contributed by atoms with Crippen molar-refractivity contribution in [2.45, 2.75) is 64.2 Å². The zero-order valence-electron chi connectivity index (χ0n) is 23.4. The SMILES string of the molecule is CC(C)C[C@@H](NC(=O)[C@@H](Cc1ccccc1)NC(=O)CNC(=O)[C@@H](C)NC(=O)[C@@H](N)Cc1ccc(O)cc1)C(=O)O. The smallest absolute Gasteiger partial charge is 0.326 e.